The Kier molecular flexibility index (Phi) is 5.13. The smallest absolute Gasteiger partial charge is 0.271 e. The summed E-state index contributed by atoms with van der Waals surface area (Å²) in [5.41, 5.74) is 4.86. The van der Waals surface area contributed by atoms with Gasteiger partial charge in [0.25, 0.3) is 5.91 Å². The summed E-state index contributed by atoms with van der Waals surface area (Å²) in [5.74, 6) is -0.288. The molecule has 24 heavy (non-hydrogen) atoms. The van der Waals surface area contributed by atoms with Crippen molar-refractivity contribution in [2.45, 2.75) is 0 Å². The predicted octanol–water partition coefficient (Wildman–Crippen LogP) is 4.66. The molecule has 2 aromatic carbocycles. The Hall–Kier alpha value is -2.37. The van der Waals surface area contributed by atoms with E-state index in [2.05, 4.69) is 26.5 Å². The zero-order valence-electron chi connectivity index (χ0n) is 12.5. The quantitative estimate of drug-likeness (QED) is 0.501. The van der Waals surface area contributed by atoms with Gasteiger partial charge in [0.15, 0.2) is 0 Å². The number of benzene rings is 2. The molecule has 0 fully saturated rings. The normalized spacial score (nSPS) is 10.9. The molecule has 0 saturated carbocycles. The van der Waals surface area contributed by atoms with Crippen molar-refractivity contribution in [3.8, 4) is 5.69 Å². The zero-order chi connectivity index (χ0) is 16.9. The van der Waals surface area contributed by atoms with Crippen LogP contribution in [-0.2, 0) is 0 Å². The molecule has 6 heteroatoms. The van der Waals surface area contributed by atoms with E-state index >= 15 is 0 Å². The number of nitrogens with zero attached hydrogens (tertiary/aromatic N) is 2. The first-order chi connectivity index (χ1) is 11.6. The van der Waals surface area contributed by atoms with Gasteiger partial charge in [0, 0.05) is 26.9 Å². The number of nitrogens with one attached hydrogen (secondary N) is 1. The number of carbonyl (C=O) groups is 1. The number of aromatic nitrogens is 1. The second kappa shape index (κ2) is 7.47. The summed E-state index contributed by atoms with van der Waals surface area (Å²) in [4.78, 5) is 12.0. The molecule has 0 aliphatic heterocycles. The highest BCUT2D eigenvalue weighted by Crippen LogP contribution is 2.17. The molecule has 0 bridgehead atoms. The number of hydrazone groups is 1. The molecular formula is C18H13BrClN3O. The van der Waals surface area contributed by atoms with Crippen LogP contribution in [0.15, 0.2) is 76.4 Å². The third kappa shape index (κ3) is 3.93. The van der Waals surface area contributed by atoms with Gasteiger partial charge in [0.2, 0.25) is 0 Å². The molecule has 0 unspecified atom stereocenters. The molecule has 3 rings (SSSR count). The summed E-state index contributed by atoms with van der Waals surface area (Å²) in [6.07, 6.45) is 3.54. The summed E-state index contributed by atoms with van der Waals surface area (Å²) >= 11 is 9.27. The van der Waals surface area contributed by atoms with Crippen molar-refractivity contribution in [2.75, 3.05) is 0 Å². The van der Waals surface area contributed by atoms with Gasteiger partial charge in [-0.25, -0.2) is 5.43 Å². The predicted molar refractivity (Wildman–Crippen MR) is 100.0 cm³/mol. The topological polar surface area (TPSA) is 46.4 Å². The van der Waals surface area contributed by atoms with E-state index in [9.17, 15) is 4.79 Å². The van der Waals surface area contributed by atoms with Crippen LogP contribution in [0.1, 0.15) is 16.1 Å². The van der Waals surface area contributed by atoms with Crippen LogP contribution in [0.25, 0.3) is 5.69 Å². The monoisotopic (exact) mass is 401 g/mol. The molecule has 120 valence electrons. The molecule has 0 atom stereocenters. The second-order valence-electron chi connectivity index (χ2n) is 4.99. The molecule has 1 heterocycles. The SMILES string of the molecule is O=C(N/N=C\c1cccn1-c1cccc(Br)c1)c1ccc(Cl)cc1. The Morgan fingerprint density at radius 1 is 1.12 bits per heavy atom. The molecular weight excluding hydrogens is 390 g/mol. The lowest BCUT2D eigenvalue weighted by Crippen LogP contribution is -2.17. The lowest BCUT2D eigenvalue weighted by molar-refractivity contribution is 0.0955. The van der Waals surface area contributed by atoms with E-state index in [1.54, 1.807) is 30.5 Å². The van der Waals surface area contributed by atoms with Gasteiger partial charge in [0.05, 0.1) is 11.9 Å². The molecule has 0 radical (unpaired) electrons. The molecule has 4 nitrogen and oxygen atoms in total. The highest BCUT2D eigenvalue weighted by molar-refractivity contribution is 9.10. The van der Waals surface area contributed by atoms with Crippen molar-refractivity contribution in [3.63, 3.8) is 0 Å². The molecule has 0 spiro atoms. The first-order valence-electron chi connectivity index (χ1n) is 7.16. The lowest BCUT2D eigenvalue weighted by Gasteiger charge is -2.06. The Labute approximate surface area is 152 Å². The highest BCUT2D eigenvalue weighted by Gasteiger charge is 2.04. The summed E-state index contributed by atoms with van der Waals surface area (Å²) in [6, 6.07) is 18.4. The van der Waals surface area contributed by atoms with Crippen LogP contribution in [-0.4, -0.2) is 16.7 Å². The Morgan fingerprint density at radius 2 is 1.92 bits per heavy atom. The van der Waals surface area contributed by atoms with Crippen LogP contribution in [0.5, 0.6) is 0 Å². The molecule has 1 aromatic heterocycles. The van der Waals surface area contributed by atoms with Crippen molar-refractivity contribution in [1.82, 2.24) is 9.99 Å². The lowest BCUT2D eigenvalue weighted by atomic mass is 10.2. The number of hydrogen-bond acceptors (Lipinski definition) is 2. The highest BCUT2D eigenvalue weighted by atomic mass is 79.9. The molecule has 1 N–H and O–H groups in total. The van der Waals surface area contributed by atoms with Crippen molar-refractivity contribution in [1.29, 1.82) is 0 Å². The van der Waals surface area contributed by atoms with Gasteiger partial charge in [-0.1, -0.05) is 33.6 Å². The maximum atomic E-state index is 12.0. The third-order valence-electron chi connectivity index (χ3n) is 3.34. The molecule has 1 amide bonds. The van der Waals surface area contributed by atoms with Gasteiger partial charge >= 0.3 is 0 Å². The van der Waals surface area contributed by atoms with Gasteiger partial charge in [-0.2, -0.15) is 5.10 Å². The maximum Gasteiger partial charge on any atom is 0.271 e. The van der Waals surface area contributed by atoms with E-state index in [1.807, 2.05) is 47.2 Å². The average molecular weight is 403 g/mol. The maximum absolute atomic E-state index is 12.0. The van der Waals surface area contributed by atoms with Crippen molar-refractivity contribution in [3.05, 3.63) is 87.6 Å². The fraction of sp³-hybridized carbons (Fsp3) is 0. The number of carbonyl (C=O) groups excluding carboxylic acids is 1. The summed E-state index contributed by atoms with van der Waals surface area (Å²) < 4.78 is 2.97. The standard InChI is InChI=1S/C18H13BrClN3O/c19-14-3-1-4-16(11-14)23-10-2-5-17(23)12-21-22-18(24)13-6-8-15(20)9-7-13/h1-12H,(H,22,24)/b21-12-. The summed E-state index contributed by atoms with van der Waals surface area (Å²) in [6.45, 7) is 0. The number of amides is 1. The van der Waals surface area contributed by atoms with Gasteiger partial charge in [-0.15, -0.1) is 0 Å². The fourth-order valence-corrected chi connectivity index (χ4v) is 2.70. The first kappa shape index (κ1) is 16.5. The number of rotatable bonds is 4. The fourth-order valence-electron chi connectivity index (χ4n) is 2.18. The van der Waals surface area contributed by atoms with E-state index in [0.29, 0.717) is 10.6 Å². The van der Waals surface area contributed by atoms with E-state index < -0.39 is 0 Å². The van der Waals surface area contributed by atoms with Crippen LogP contribution in [0, 0.1) is 0 Å². The number of halogens is 2. The van der Waals surface area contributed by atoms with Crippen molar-refractivity contribution < 1.29 is 4.79 Å². The van der Waals surface area contributed by atoms with Crippen LogP contribution < -0.4 is 5.43 Å². The molecule has 0 aliphatic rings. The van der Waals surface area contributed by atoms with Gasteiger partial charge < -0.3 is 4.57 Å². The van der Waals surface area contributed by atoms with E-state index in [0.717, 1.165) is 15.9 Å². The van der Waals surface area contributed by atoms with Crippen molar-refractivity contribution in [2.24, 2.45) is 5.10 Å². The van der Waals surface area contributed by atoms with Gasteiger partial charge in [0.1, 0.15) is 0 Å². The third-order valence-corrected chi connectivity index (χ3v) is 4.08. The van der Waals surface area contributed by atoms with E-state index in [1.165, 1.54) is 0 Å². The molecule has 0 saturated heterocycles. The molecule has 0 aliphatic carbocycles. The largest absolute Gasteiger partial charge is 0.316 e. The number of hydrogen-bond donors (Lipinski definition) is 1. The Bertz CT molecular complexity index is 887. The molecule has 3 aromatic rings. The minimum absolute atomic E-state index is 0.288. The summed E-state index contributed by atoms with van der Waals surface area (Å²) in [5, 5.41) is 4.62. The van der Waals surface area contributed by atoms with Gasteiger partial charge in [-0.05, 0) is 54.6 Å². The Morgan fingerprint density at radius 3 is 2.67 bits per heavy atom. The first-order valence-corrected chi connectivity index (χ1v) is 8.33. The second-order valence-corrected chi connectivity index (χ2v) is 6.34. The van der Waals surface area contributed by atoms with Gasteiger partial charge in [-0.3, -0.25) is 4.79 Å². The van der Waals surface area contributed by atoms with E-state index in [-0.39, 0.29) is 5.91 Å². The summed E-state index contributed by atoms with van der Waals surface area (Å²) in [7, 11) is 0. The Balaban J connectivity index is 1.73. The minimum atomic E-state index is -0.288. The van der Waals surface area contributed by atoms with Crippen LogP contribution >= 0.6 is 27.5 Å². The van der Waals surface area contributed by atoms with Crippen LogP contribution in [0.3, 0.4) is 0 Å². The zero-order valence-corrected chi connectivity index (χ0v) is 14.8. The van der Waals surface area contributed by atoms with E-state index in [4.69, 9.17) is 11.6 Å². The average Bonchev–Trinajstić information content (AvgIpc) is 3.04. The van der Waals surface area contributed by atoms with Crippen LogP contribution in [0.4, 0.5) is 0 Å². The van der Waals surface area contributed by atoms with Crippen molar-refractivity contribution >= 4 is 39.7 Å². The minimum Gasteiger partial charge on any atom is -0.316 e. The van der Waals surface area contributed by atoms with Crippen LogP contribution in [0.2, 0.25) is 5.02 Å².